The summed E-state index contributed by atoms with van der Waals surface area (Å²) in [5.41, 5.74) is -0.0685. The first-order valence-electron chi connectivity index (χ1n) is 7.17. The predicted octanol–water partition coefficient (Wildman–Crippen LogP) is 2.10. The second-order valence-electron chi connectivity index (χ2n) is 6.41. The van der Waals surface area contributed by atoms with Gasteiger partial charge in [-0.15, -0.1) is 23.7 Å². The summed E-state index contributed by atoms with van der Waals surface area (Å²) in [6, 6.07) is 6.81. The van der Waals surface area contributed by atoms with Gasteiger partial charge in [0.1, 0.15) is 22.7 Å². The maximum atomic E-state index is 11.4. The van der Waals surface area contributed by atoms with Crippen molar-refractivity contribution in [3.8, 4) is 5.75 Å². The van der Waals surface area contributed by atoms with E-state index in [9.17, 15) is 13.5 Å². The second-order valence-corrected chi connectivity index (χ2v) is 9.28. The van der Waals surface area contributed by atoms with Gasteiger partial charge in [-0.25, -0.2) is 13.6 Å². The molecule has 0 saturated carbocycles. The molecular weight excluding hydrogens is 372 g/mol. The Kier molecular flexibility index (Phi) is 7.04. The molecule has 1 aromatic heterocycles. The molecule has 0 aliphatic rings. The third kappa shape index (κ3) is 6.19. The maximum Gasteiger partial charge on any atom is 0.247 e. The maximum absolute atomic E-state index is 11.4. The molecule has 0 amide bonds. The second kappa shape index (κ2) is 7.99. The highest BCUT2D eigenvalue weighted by atomic mass is 35.5. The first-order chi connectivity index (χ1) is 10.5. The number of nitrogens with two attached hydrogens (primary N) is 1. The molecule has 24 heavy (non-hydrogen) atoms. The summed E-state index contributed by atoms with van der Waals surface area (Å²) in [7, 11) is -3.70. The summed E-state index contributed by atoms with van der Waals surface area (Å²) in [5.74, 6) is 0.579. The Morgan fingerprint density at radius 2 is 2.00 bits per heavy atom. The molecule has 1 aromatic carbocycles. The standard InChI is InChI=1S/C15H22N2O4S2.ClH/c1-15(2,3)17-8-11(18)9-21-12-5-4-10-6-14(23(16,19)20)22-13(10)7-12;/h4-7,11,17-18H,8-9H2,1-3H3,(H2,16,19,20);1H. The molecule has 0 spiro atoms. The number of hydrogen-bond acceptors (Lipinski definition) is 6. The van der Waals surface area contributed by atoms with Crippen LogP contribution >= 0.6 is 23.7 Å². The minimum absolute atomic E-state index is 0. The van der Waals surface area contributed by atoms with Crippen LogP contribution in [-0.4, -0.2) is 38.3 Å². The van der Waals surface area contributed by atoms with Gasteiger partial charge in [-0.1, -0.05) is 0 Å². The largest absolute Gasteiger partial charge is 0.491 e. The molecule has 136 valence electrons. The molecule has 0 bridgehead atoms. The molecule has 1 unspecified atom stereocenters. The van der Waals surface area contributed by atoms with Crippen molar-refractivity contribution in [1.29, 1.82) is 0 Å². The van der Waals surface area contributed by atoms with Crippen LogP contribution in [0.15, 0.2) is 28.5 Å². The third-order valence-corrected chi connectivity index (χ3v) is 5.58. The number of β-amino-alcohol motifs (C(OH)–C–C–N with tert-alkyl or cyclic N) is 1. The first kappa shape index (κ1) is 21.1. The monoisotopic (exact) mass is 394 g/mol. The fraction of sp³-hybridized carbons (Fsp3) is 0.467. The summed E-state index contributed by atoms with van der Waals surface area (Å²) in [6.45, 7) is 6.65. The van der Waals surface area contributed by atoms with Crippen LogP contribution < -0.4 is 15.2 Å². The number of hydrogen-bond donors (Lipinski definition) is 3. The lowest BCUT2D eigenvalue weighted by atomic mass is 10.1. The van der Waals surface area contributed by atoms with E-state index in [1.165, 1.54) is 0 Å². The first-order valence-corrected chi connectivity index (χ1v) is 9.53. The summed E-state index contributed by atoms with van der Waals surface area (Å²) in [6.07, 6.45) is -0.631. The summed E-state index contributed by atoms with van der Waals surface area (Å²) in [4.78, 5) is 0. The minimum Gasteiger partial charge on any atom is -0.491 e. The number of nitrogens with one attached hydrogen (secondary N) is 1. The Morgan fingerprint density at radius 1 is 1.33 bits per heavy atom. The van der Waals surface area contributed by atoms with Crippen LogP contribution in [0.1, 0.15) is 20.8 Å². The van der Waals surface area contributed by atoms with E-state index in [4.69, 9.17) is 9.88 Å². The lowest BCUT2D eigenvalue weighted by Gasteiger charge is -2.22. The number of aliphatic hydroxyl groups is 1. The molecule has 2 rings (SSSR count). The molecule has 4 N–H and O–H groups in total. The number of sulfonamides is 1. The quantitative estimate of drug-likeness (QED) is 0.696. The number of thiophene rings is 1. The fourth-order valence-electron chi connectivity index (χ4n) is 1.89. The molecule has 0 fully saturated rings. The Labute approximate surface area is 152 Å². The highest BCUT2D eigenvalue weighted by Crippen LogP contribution is 2.31. The van der Waals surface area contributed by atoms with Crippen LogP contribution in [-0.2, 0) is 10.0 Å². The molecule has 2 aromatic rings. The van der Waals surface area contributed by atoms with Gasteiger partial charge in [-0.05, 0) is 50.4 Å². The van der Waals surface area contributed by atoms with Gasteiger partial charge in [-0.2, -0.15) is 0 Å². The average Bonchev–Trinajstić information content (AvgIpc) is 2.85. The van der Waals surface area contributed by atoms with E-state index in [1.807, 2.05) is 20.8 Å². The van der Waals surface area contributed by atoms with Gasteiger partial charge in [0.25, 0.3) is 0 Å². The van der Waals surface area contributed by atoms with Gasteiger partial charge in [0.2, 0.25) is 10.0 Å². The Bertz CT molecular complexity index is 784. The Hall–Kier alpha value is -0.900. The highest BCUT2D eigenvalue weighted by molar-refractivity contribution is 7.91. The zero-order valence-corrected chi connectivity index (χ0v) is 16.2. The van der Waals surface area contributed by atoms with Gasteiger partial charge < -0.3 is 15.2 Å². The molecule has 0 aliphatic heterocycles. The lowest BCUT2D eigenvalue weighted by molar-refractivity contribution is 0.100. The molecule has 1 heterocycles. The minimum atomic E-state index is -3.70. The highest BCUT2D eigenvalue weighted by Gasteiger charge is 2.14. The van der Waals surface area contributed by atoms with E-state index < -0.39 is 16.1 Å². The summed E-state index contributed by atoms with van der Waals surface area (Å²) >= 11 is 1.10. The number of ether oxygens (including phenoxy) is 1. The Morgan fingerprint density at radius 3 is 2.58 bits per heavy atom. The van der Waals surface area contributed by atoms with Crippen LogP contribution in [0.25, 0.3) is 10.1 Å². The zero-order valence-electron chi connectivity index (χ0n) is 13.8. The van der Waals surface area contributed by atoms with Crippen molar-refractivity contribution in [1.82, 2.24) is 5.32 Å². The van der Waals surface area contributed by atoms with Crippen molar-refractivity contribution in [2.24, 2.45) is 5.14 Å². The van der Waals surface area contributed by atoms with E-state index >= 15 is 0 Å². The molecule has 0 saturated heterocycles. The third-order valence-electron chi connectivity index (χ3n) is 3.06. The summed E-state index contributed by atoms with van der Waals surface area (Å²) in [5, 5.41) is 19.0. The predicted molar refractivity (Wildman–Crippen MR) is 99.7 cm³/mol. The van der Waals surface area contributed by atoms with Crippen LogP contribution in [0.2, 0.25) is 0 Å². The van der Waals surface area contributed by atoms with Crippen LogP contribution in [0.4, 0.5) is 0 Å². The van der Waals surface area contributed by atoms with Crippen LogP contribution in [0.3, 0.4) is 0 Å². The smallest absolute Gasteiger partial charge is 0.247 e. The van der Waals surface area contributed by atoms with Crippen molar-refractivity contribution in [2.45, 2.75) is 36.6 Å². The van der Waals surface area contributed by atoms with Gasteiger partial charge in [0, 0.05) is 16.8 Å². The van der Waals surface area contributed by atoms with E-state index in [-0.39, 0.29) is 28.8 Å². The van der Waals surface area contributed by atoms with Crippen molar-refractivity contribution in [3.05, 3.63) is 24.3 Å². The van der Waals surface area contributed by atoms with E-state index in [2.05, 4.69) is 5.32 Å². The molecule has 1 atom stereocenters. The summed E-state index contributed by atoms with van der Waals surface area (Å²) < 4.78 is 29.2. The normalized spacial score (nSPS) is 13.5. The molecule has 0 radical (unpaired) electrons. The zero-order chi connectivity index (χ0) is 17.3. The SMILES string of the molecule is CC(C)(C)NCC(O)COc1ccc2cc(S(N)(=O)=O)sc2c1.Cl. The number of halogens is 1. The van der Waals surface area contributed by atoms with Gasteiger partial charge in [0.05, 0.1) is 0 Å². The number of fused-ring (bicyclic) bond motifs is 1. The van der Waals surface area contributed by atoms with Crippen LogP contribution in [0, 0.1) is 0 Å². The molecule has 6 nitrogen and oxygen atoms in total. The van der Waals surface area contributed by atoms with E-state index in [0.29, 0.717) is 12.3 Å². The molecular formula is C15H23ClN2O4S2. The number of aliphatic hydroxyl groups excluding tert-OH is 1. The van der Waals surface area contributed by atoms with E-state index in [1.54, 1.807) is 24.3 Å². The van der Waals surface area contributed by atoms with Crippen molar-refractivity contribution in [2.75, 3.05) is 13.2 Å². The lowest BCUT2D eigenvalue weighted by Crippen LogP contribution is -2.42. The van der Waals surface area contributed by atoms with Crippen LogP contribution in [0.5, 0.6) is 5.75 Å². The van der Waals surface area contributed by atoms with Crippen molar-refractivity contribution >= 4 is 43.9 Å². The van der Waals surface area contributed by atoms with Gasteiger partial charge >= 0.3 is 0 Å². The molecule has 9 heteroatoms. The Balaban J connectivity index is 0.00000288. The topological polar surface area (TPSA) is 102 Å². The van der Waals surface area contributed by atoms with Gasteiger partial charge in [0.15, 0.2) is 0 Å². The number of rotatable bonds is 6. The van der Waals surface area contributed by atoms with E-state index in [0.717, 1.165) is 21.4 Å². The fourth-order valence-corrected chi connectivity index (χ4v) is 3.74. The van der Waals surface area contributed by atoms with Crippen molar-refractivity contribution < 1.29 is 18.3 Å². The average molecular weight is 395 g/mol. The number of benzene rings is 1. The van der Waals surface area contributed by atoms with Gasteiger partial charge in [-0.3, -0.25) is 0 Å². The number of primary sulfonamides is 1. The molecule has 0 aliphatic carbocycles. The van der Waals surface area contributed by atoms with Crippen molar-refractivity contribution in [3.63, 3.8) is 0 Å².